The van der Waals surface area contributed by atoms with E-state index in [1.807, 2.05) is 6.07 Å². The fraction of sp³-hybridized carbons (Fsp3) is 0.200. The van der Waals surface area contributed by atoms with Crippen LogP contribution in [0.4, 0.5) is 15.8 Å². The van der Waals surface area contributed by atoms with Crippen LogP contribution in [0.15, 0.2) is 66.7 Å². The van der Waals surface area contributed by atoms with Gasteiger partial charge in [-0.05, 0) is 36.4 Å². The zero-order valence-electron chi connectivity index (χ0n) is 17.8. The van der Waals surface area contributed by atoms with E-state index in [-0.39, 0.29) is 27.7 Å². The second kappa shape index (κ2) is 10.0. The Balaban J connectivity index is 1.45. The van der Waals surface area contributed by atoms with Gasteiger partial charge in [-0.1, -0.05) is 41.9 Å². The van der Waals surface area contributed by atoms with Crippen LogP contribution in [0.2, 0.25) is 5.02 Å². The molecule has 1 aliphatic rings. The number of carboxylic acid groups (broad SMARTS) is 1. The number of hydrogen-bond acceptors (Lipinski definition) is 4. The molecule has 0 aliphatic carbocycles. The van der Waals surface area contributed by atoms with Gasteiger partial charge in [0, 0.05) is 44.0 Å². The van der Waals surface area contributed by atoms with Crippen LogP contribution in [-0.4, -0.2) is 48.1 Å². The molecular weight excluding hydrogens is 445 g/mol. The topological polar surface area (TPSA) is 72.9 Å². The van der Waals surface area contributed by atoms with Crippen LogP contribution in [0.25, 0.3) is 0 Å². The molecule has 0 atom stereocenters. The Morgan fingerprint density at radius 2 is 1.64 bits per heavy atom. The number of piperazine rings is 1. The van der Waals surface area contributed by atoms with Gasteiger partial charge in [-0.2, -0.15) is 0 Å². The fourth-order valence-corrected chi connectivity index (χ4v) is 4.10. The molecule has 33 heavy (non-hydrogen) atoms. The molecule has 1 saturated heterocycles. The van der Waals surface area contributed by atoms with Crippen LogP contribution >= 0.6 is 11.6 Å². The maximum absolute atomic E-state index is 13.9. The molecule has 0 saturated carbocycles. The van der Waals surface area contributed by atoms with Crippen LogP contribution in [0.3, 0.4) is 0 Å². The molecule has 0 bridgehead atoms. The van der Waals surface area contributed by atoms with E-state index in [2.05, 4.69) is 15.1 Å². The van der Waals surface area contributed by atoms with E-state index in [0.29, 0.717) is 25.2 Å². The molecule has 0 spiro atoms. The van der Waals surface area contributed by atoms with Crippen molar-refractivity contribution in [3.05, 3.63) is 94.3 Å². The predicted molar refractivity (Wildman–Crippen MR) is 127 cm³/mol. The number of carbonyl (C=O) groups excluding carboxylic acids is 1. The maximum Gasteiger partial charge on any atom is 0.337 e. The van der Waals surface area contributed by atoms with Crippen molar-refractivity contribution in [3.63, 3.8) is 0 Å². The Kier molecular flexibility index (Phi) is 6.91. The first-order valence-electron chi connectivity index (χ1n) is 10.6. The molecule has 1 heterocycles. The van der Waals surface area contributed by atoms with Crippen molar-refractivity contribution in [1.29, 1.82) is 0 Å². The SMILES string of the molecule is O=C(Nc1ccc(N2CCN(Cc3ccccc3F)CC2)cc1C(=O)O)c1ccccc1Cl. The van der Waals surface area contributed by atoms with Crippen LogP contribution < -0.4 is 10.2 Å². The van der Waals surface area contributed by atoms with Gasteiger partial charge in [0.25, 0.3) is 5.91 Å². The second-order valence-electron chi connectivity index (χ2n) is 7.82. The molecule has 0 unspecified atom stereocenters. The number of nitrogens with one attached hydrogen (secondary N) is 1. The Morgan fingerprint density at radius 3 is 2.33 bits per heavy atom. The van der Waals surface area contributed by atoms with Crippen LogP contribution in [0, 0.1) is 5.82 Å². The standard InChI is InChI=1S/C25H23ClFN3O3/c26-21-7-3-2-6-19(21)24(31)28-23-10-9-18(15-20(23)25(32)33)30-13-11-29(12-14-30)16-17-5-1-4-8-22(17)27/h1-10,15H,11-14,16H2,(H,28,31)(H,32,33). The number of amides is 1. The highest BCUT2D eigenvalue weighted by Crippen LogP contribution is 2.26. The molecule has 4 rings (SSSR count). The highest BCUT2D eigenvalue weighted by Gasteiger charge is 2.21. The number of nitrogens with zero attached hydrogens (tertiary/aromatic N) is 2. The van der Waals surface area contributed by atoms with Crippen molar-refractivity contribution in [1.82, 2.24) is 4.90 Å². The lowest BCUT2D eigenvalue weighted by Crippen LogP contribution is -2.46. The summed E-state index contributed by atoms with van der Waals surface area (Å²) < 4.78 is 13.9. The summed E-state index contributed by atoms with van der Waals surface area (Å²) in [5.41, 5.74) is 1.90. The van der Waals surface area contributed by atoms with E-state index < -0.39 is 11.9 Å². The summed E-state index contributed by atoms with van der Waals surface area (Å²) >= 11 is 6.08. The third-order valence-corrected chi connectivity index (χ3v) is 6.02. The summed E-state index contributed by atoms with van der Waals surface area (Å²) in [6.45, 7) is 3.34. The number of carbonyl (C=O) groups is 2. The molecule has 3 aromatic carbocycles. The summed E-state index contributed by atoms with van der Waals surface area (Å²) in [4.78, 5) is 28.7. The van der Waals surface area contributed by atoms with Gasteiger partial charge in [0.15, 0.2) is 0 Å². The molecule has 170 valence electrons. The minimum absolute atomic E-state index is 0.00156. The lowest BCUT2D eigenvalue weighted by Gasteiger charge is -2.36. The summed E-state index contributed by atoms with van der Waals surface area (Å²) in [5.74, 6) is -1.82. The molecule has 1 fully saturated rings. The van der Waals surface area contributed by atoms with E-state index in [4.69, 9.17) is 11.6 Å². The number of halogens is 2. The van der Waals surface area contributed by atoms with Crippen LogP contribution in [0.1, 0.15) is 26.3 Å². The molecule has 1 amide bonds. The number of benzene rings is 3. The molecule has 0 aromatic heterocycles. The van der Waals surface area contributed by atoms with Gasteiger partial charge in [-0.3, -0.25) is 9.69 Å². The average Bonchev–Trinajstić information content (AvgIpc) is 2.81. The van der Waals surface area contributed by atoms with E-state index in [9.17, 15) is 19.1 Å². The number of rotatable bonds is 6. The van der Waals surface area contributed by atoms with Gasteiger partial charge in [0.2, 0.25) is 0 Å². The first-order chi connectivity index (χ1) is 15.9. The maximum atomic E-state index is 13.9. The van der Waals surface area contributed by atoms with Gasteiger partial charge >= 0.3 is 5.97 Å². The molecular formula is C25H23ClFN3O3. The van der Waals surface area contributed by atoms with Crippen molar-refractivity contribution in [2.75, 3.05) is 36.4 Å². The number of hydrogen-bond donors (Lipinski definition) is 2. The van der Waals surface area contributed by atoms with Gasteiger partial charge in [0.1, 0.15) is 5.82 Å². The van der Waals surface area contributed by atoms with Crippen molar-refractivity contribution in [2.45, 2.75) is 6.54 Å². The largest absolute Gasteiger partial charge is 0.478 e. The van der Waals surface area contributed by atoms with Crippen molar-refractivity contribution < 1.29 is 19.1 Å². The zero-order chi connectivity index (χ0) is 23.4. The molecule has 1 aliphatic heterocycles. The third kappa shape index (κ3) is 5.32. The van der Waals surface area contributed by atoms with E-state index in [1.165, 1.54) is 6.07 Å². The second-order valence-corrected chi connectivity index (χ2v) is 8.23. The van der Waals surface area contributed by atoms with Crippen LogP contribution in [-0.2, 0) is 6.54 Å². The predicted octanol–water partition coefficient (Wildman–Crippen LogP) is 4.75. The first kappa shape index (κ1) is 22.8. The number of anilines is 2. The van der Waals surface area contributed by atoms with Gasteiger partial charge < -0.3 is 15.3 Å². The average molecular weight is 468 g/mol. The van der Waals surface area contributed by atoms with Gasteiger partial charge in [0.05, 0.1) is 21.8 Å². The van der Waals surface area contributed by atoms with Crippen molar-refractivity contribution in [3.8, 4) is 0 Å². The number of carboxylic acids is 1. The Morgan fingerprint density at radius 1 is 0.939 bits per heavy atom. The zero-order valence-corrected chi connectivity index (χ0v) is 18.6. The van der Waals surface area contributed by atoms with Crippen molar-refractivity contribution >= 4 is 34.9 Å². The lowest BCUT2D eigenvalue weighted by molar-refractivity contribution is 0.0698. The Labute approximate surface area is 196 Å². The van der Waals surface area contributed by atoms with Gasteiger partial charge in [-0.25, -0.2) is 9.18 Å². The fourth-order valence-electron chi connectivity index (χ4n) is 3.88. The monoisotopic (exact) mass is 467 g/mol. The quantitative estimate of drug-likeness (QED) is 0.547. The Hall–Kier alpha value is -3.42. The minimum atomic E-state index is -1.13. The van der Waals surface area contributed by atoms with E-state index in [1.54, 1.807) is 54.6 Å². The summed E-state index contributed by atoms with van der Waals surface area (Å²) in [6.07, 6.45) is 0. The Bertz CT molecular complexity index is 1180. The number of aromatic carboxylic acids is 1. The molecule has 2 N–H and O–H groups in total. The van der Waals surface area contributed by atoms with E-state index in [0.717, 1.165) is 18.8 Å². The van der Waals surface area contributed by atoms with Crippen molar-refractivity contribution in [2.24, 2.45) is 0 Å². The van der Waals surface area contributed by atoms with Crippen LogP contribution in [0.5, 0.6) is 0 Å². The molecule has 6 nitrogen and oxygen atoms in total. The smallest absolute Gasteiger partial charge is 0.337 e. The minimum Gasteiger partial charge on any atom is -0.478 e. The third-order valence-electron chi connectivity index (χ3n) is 5.69. The molecule has 0 radical (unpaired) electrons. The summed E-state index contributed by atoms with van der Waals surface area (Å²) in [7, 11) is 0. The lowest BCUT2D eigenvalue weighted by atomic mass is 10.1. The first-order valence-corrected chi connectivity index (χ1v) is 10.9. The summed E-state index contributed by atoms with van der Waals surface area (Å²) in [6, 6.07) is 18.3. The molecule has 3 aromatic rings. The normalized spacial score (nSPS) is 14.2. The van der Waals surface area contributed by atoms with Gasteiger partial charge in [-0.15, -0.1) is 0 Å². The van der Waals surface area contributed by atoms with E-state index >= 15 is 0 Å². The highest BCUT2D eigenvalue weighted by molar-refractivity contribution is 6.34. The highest BCUT2D eigenvalue weighted by atomic mass is 35.5. The molecule has 8 heteroatoms. The summed E-state index contributed by atoms with van der Waals surface area (Å²) in [5, 5.41) is 12.7.